The van der Waals surface area contributed by atoms with Gasteiger partial charge in [0.2, 0.25) is 0 Å². The maximum atomic E-state index is 11.7. The first-order valence-corrected chi connectivity index (χ1v) is 5.46. The molecule has 1 aromatic heterocycles. The van der Waals surface area contributed by atoms with Gasteiger partial charge in [-0.3, -0.25) is 0 Å². The number of phenols is 1. The Balaban J connectivity index is 2.05. The number of phenolic OH excluding ortho intramolecular Hbond substituents is 1. The second-order valence-corrected chi connectivity index (χ2v) is 3.93. The van der Waals surface area contributed by atoms with Gasteiger partial charge in [-0.25, -0.2) is 4.79 Å². The molecule has 94 valence electrons. The zero-order valence-electron chi connectivity index (χ0n) is 10.1. The molecule has 0 atom stereocenters. The monoisotopic (exact) mass is 247 g/mol. The van der Waals surface area contributed by atoms with Crippen LogP contribution in [0.1, 0.15) is 27.4 Å². The van der Waals surface area contributed by atoms with Crippen LogP contribution < -0.4 is 0 Å². The molecule has 2 aromatic rings. The summed E-state index contributed by atoms with van der Waals surface area (Å²) in [6.07, 6.45) is 0. The number of rotatable bonds is 3. The number of carbonyl (C=O) groups is 1. The van der Waals surface area contributed by atoms with Crippen molar-refractivity contribution < 1.29 is 19.2 Å². The Morgan fingerprint density at radius 3 is 2.83 bits per heavy atom. The molecule has 1 aromatic carbocycles. The third-order valence-electron chi connectivity index (χ3n) is 2.61. The van der Waals surface area contributed by atoms with Crippen LogP contribution in [0, 0.1) is 13.8 Å². The Labute approximate surface area is 104 Å². The Hall–Kier alpha value is -2.30. The number of aromatic hydroxyl groups is 1. The summed E-state index contributed by atoms with van der Waals surface area (Å²) in [6.45, 7) is 3.65. The third-order valence-corrected chi connectivity index (χ3v) is 2.61. The predicted molar refractivity (Wildman–Crippen MR) is 63.2 cm³/mol. The lowest BCUT2D eigenvalue weighted by atomic mass is 10.2. The zero-order valence-corrected chi connectivity index (χ0v) is 10.1. The SMILES string of the molecule is Cc1noc(C)c1COC(=O)c1cccc(O)c1. The minimum atomic E-state index is -0.495. The van der Waals surface area contributed by atoms with Crippen LogP contribution in [-0.2, 0) is 11.3 Å². The second kappa shape index (κ2) is 4.91. The molecule has 0 unspecified atom stereocenters. The van der Waals surface area contributed by atoms with E-state index >= 15 is 0 Å². The van der Waals surface area contributed by atoms with Crippen molar-refractivity contribution in [2.75, 3.05) is 0 Å². The maximum absolute atomic E-state index is 11.7. The molecule has 0 aliphatic heterocycles. The number of carbonyl (C=O) groups excluding carboxylic acids is 1. The van der Waals surface area contributed by atoms with E-state index in [0.29, 0.717) is 17.0 Å². The topological polar surface area (TPSA) is 72.6 Å². The van der Waals surface area contributed by atoms with Crippen molar-refractivity contribution in [3.05, 3.63) is 46.8 Å². The molecular formula is C13H13NO4. The van der Waals surface area contributed by atoms with Gasteiger partial charge in [0.15, 0.2) is 0 Å². The fourth-order valence-electron chi connectivity index (χ4n) is 1.56. The molecule has 0 radical (unpaired) electrons. The number of ether oxygens (including phenoxy) is 1. The van der Waals surface area contributed by atoms with E-state index in [-0.39, 0.29) is 12.4 Å². The quantitative estimate of drug-likeness (QED) is 0.843. The molecule has 5 nitrogen and oxygen atoms in total. The third kappa shape index (κ3) is 2.51. The summed E-state index contributed by atoms with van der Waals surface area (Å²) in [5.74, 6) is 0.170. The standard InChI is InChI=1S/C13H13NO4/c1-8-12(9(2)18-14-8)7-17-13(16)10-4-3-5-11(15)6-10/h3-6,15H,7H2,1-2H3. The van der Waals surface area contributed by atoms with Gasteiger partial charge in [0.05, 0.1) is 16.8 Å². The van der Waals surface area contributed by atoms with E-state index in [1.165, 1.54) is 12.1 Å². The summed E-state index contributed by atoms with van der Waals surface area (Å²) in [5.41, 5.74) is 1.78. The molecule has 0 saturated heterocycles. The van der Waals surface area contributed by atoms with E-state index in [1.54, 1.807) is 26.0 Å². The van der Waals surface area contributed by atoms with Gasteiger partial charge in [-0.05, 0) is 32.0 Å². The van der Waals surface area contributed by atoms with E-state index in [9.17, 15) is 9.90 Å². The molecule has 0 saturated carbocycles. The van der Waals surface area contributed by atoms with Crippen molar-refractivity contribution >= 4 is 5.97 Å². The number of hydrogen-bond acceptors (Lipinski definition) is 5. The van der Waals surface area contributed by atoms with Crippen LogP contribution in [0.5, 0.6) is 5.75 Å². The van der Waals surface area contributed by atoms with Gasteiger partial charge >= 0.3 is 5.97 Å². The Morgan fingerprint density at radius 2 is 2.22 bits per heavy atom. The highest BCUT2D eigenvalue weighted by molar-refractivity contribution is 5.89. The molecule has 2 rings (SSSR count). The highest BCUT2D eigenvalue weighted by Gasteiger charge is 2.13. The van der Waals surface area contributed by atoms with Crippen molar-refractivity contribution in [3.63, 3.8) is 0 Å². The van der Waals surface area contributed by atoms with Gasteiger partial charge in [-0.2, -0.15) is 0 Å². The van der Waals surface area contributed by atoms with Crippen molar-refractivity contribution in [3.8, 4) is 5.75 Å². The molecule has 1 N–H and O–H groups in total. The highest BCUT2D eigenvalue weighted by atomic mass is 16.5. The van der Waals surface area contributed by atoms with Gasteiger partial charge in [0.1, 0.15) is 18.1 Å². The van der Waals surface area contributed by atoms with Crippen molar-refractivity contribution in [1.82, 2.24) is 5.16 Å². The summed E-state index contributed by atoms with van der Waals surface area (Å²) in [7, 11) is 0. The molecule has 0 amide bonds. The summed E-state index contributed by atoms with van der Waals surface area (Å²) in [6, 6.07) is 6.01. The molecule has 18 heavy (non-hydrogen) atoms. The molecule has 0 spiro atoms. The lowest BCUT2D eigenvalue weighted by Crippen LogP contribution is -2.05. The zero-order chi connectivity index (χ0) is 13.1. The first kappa shape index (κ1) is 12.2. The van der Waals surface area contributed by atoms with Gasteiger partial charge in [0.25, 0.3) is 0 Å². The van der Waals surface area contributed by atoms with Crippen LogP contribution in [0.2, 0.25) is 0 Å². The number of benzene rings is 1. The number of hydrogen-bond donors (Lipinski definition) is 1. The van der Waals surface area contributed by atoms with Crippen LogP contribution in [0.25, 0.3) is 0 Å². The molecule has 0 fully saturated rings. The number of esters is 1. The highest BCUT2D eigenvalue weighted by Crippen LogP contribution is 2.16. The summed E-state index contributed by atoms with van der Waals surface area (Å²) in [4.78, 5) is 11.7. The van der Waals surface area contributed by atoms with E-state index in [1.807, 2.05) is 0 Å². The van der Waals surface area contributed by atoms with Crippen molar-refractivity contribution in [2.45, 2.75) is 20.5 Å². The van der Waals surface area contributed by atoms with E-state index in [2.05, 4.69) is 5.16 Å². The maximum Gasteiger partial charge on any atom is 0.338 e. The van der Waals surface area contributed by atoms with Crippen LogP contribution in [0.4, 0.5) is 0 Å². The Morgan fingerprint density at radius 1 is 1.44 bits per heavy atom. The van der Waals surface area contributed by atoms with Gasteiger partial charge in [0, 0.05) is 0 Å². The van der Waals surface area contributed by atoms with Gasteiger partial charge in [-0.15, -0.1) is 0 Å². The van der Waals surface area contributed by atoms with Crippen LogP contribution in [0.15, 0.2) is 28.8 Å². The summed E-state index contributed by atoms with van der Waals surface area (Å²) in [5, 5.41) is 13.0. The van der Waals surface area contributed by atoms with Crippen LogP contribution in [0.3, 0.4) is 0 Å². The van der Waals surface area contributed by atoms with Crippen LogP contribution in [-0.4, -0.2) is 16.2 Å². The second-order valence-electron chi connectivity index (χ2n) is 3.93. The molecule has 0 aliphatic carbocycles. The summed E-state index contributed by atoms with van der Waals surface area (Å²) >= 11 is 0. The fraction of sp³-hybridized carbons (Fsp3) is 0.231. The van der Waals surface area contributed by atoms with E-state index < -0.39 is 5.97 Å². The summed E-state index contributed by atoms with van der Waals surface area (Å²) < 4.78 is 10.1. The number of aryl methyl sites for hydroxylation is 2. The molecule has 1 heterocycles. The fourth-order valence-corrected chi connectivity index (χ4v) is 1.56. The Kier molecular flexibility index (Phi) is 3.32. The predicted octanol–water partition coefficient (Wildman–Crippen LogP) is 2.35. The molecule has 0 bridgehead atoms. The first-order valence-electron chi connectivity index (χ1n) is 5.46. The van der Waals surface area contributed by atoms with Crippen LogP contribution >= 0.6 is 0 Å². The van der Waals surface area contributed by atoms with E-state index in [0.717, 1.165) is 5.56 Å². The lowest BCUT2D eigenvalue weighted by Gasteiger charge is -2.04. The first-order chi connectivity index (χ1) is 8.58. The average molecular weight is 247 g/mol. The number of aromatic nitrogens is 1. The van der Waals surface area contributed by atoms with Gasteiger partial charge in [-0.1, -0.05) is 11.2 Å². The molecule has 0 aliphatic rings. The largest absolute Gasteiger partial charge is 0.508 e. The normalized spacial score (nSPS) is 10.3. The van der Waals surface area contributed by atoms with Crippen molar-refractivity contribution in [2.24, 2.45) is 0 Å². The van der Waals surface area contributed by atoms with Crippen molar-refractivity contribution in [1.29, 1.82) is 0 Å². The minimum absolute atomic E-state index is 0.0294. The molecular weight excluding hydrogens is 234 g/mol. The smallest absolute Gasteiger partial charge is 0.338 e. The van der Waals surface area contributed by atoms with E-state index in [4.69, 9.17) is 9.26 Å². The van der Waals surface area contributed by atoms with Gasteiger partial charge < -0.3 is 14.4 Å². The minimum Gasteiger partial charge on any atom is -0.508 e. The lowest BCUT2D eigenvalue weighted by molar-refractivity contribution is 0.0470. The average Bonchev–Trinajstić information content (AvgIpc) is 2.66. The molecule has 5 heteroatoms. The number of nitrogens with zero attached hydrogens (tertiary/aromatic N) is 1. The Bertz CT molecular complexity index is 555.